The Labute approximate surface area is 98.5 Å². The first-order valence-corrected chi connectivity index (χ1v) is 6.47. The summed E-state index contributed by atoms with van der Waals surface area (Å²) in [6.45, 7) is 5.31. The van der Waals surface area contributed by atoms with E-state index in [1.807, 2.05) is 6.20 Å². The van der Waals surface area contributed by atoms with Crippen LogP contribution < -0.4 is 5.32 Å². The van der Waals surface area contributed by atoms with Gasteiger partial charge in [-0.05, 0) is 49.9 Å². The smallest absolute Gasteiger partial charge is 0.0375 e. The van der Waals surface area contributed by atoms with Crippen molar-refractivity contribution in [1.82, 2.24) is 10.3 Å². The number of aryl methyl sites for hydroxylation is 1. The molecule has 1 unspecified atom stereocenters. The normalized spacial score (nSPS) is 18.9. The maximum atomic E-state index is 4.28. The Hall–Kier alpha value is -0.890. The molecule has 1 atom stereocenters. The minimum absolute atomic E-state index is 0.536. The monoisotopic (exact) mass is 218 g/mol. The van der Waals surface area contributed by atoms with Crippen molar-refractivity contribution < 1.29 is 0 Å². The van der Waals surface area contributed by atoms with Crippen LogP contribution in [0.1, 0.15) is 49.9 Å². The molecule has 1 N–H and O–H groups in total. The van der Waals surface area contributed by atoms with Gasteiger partial charge in [-0.3, -0.25) is 4.98 Å². The topological polar surface area (TPSA) is 24.9 Å². The number of pyridine rings is 1. The van der Waals surface area contributed by atoms with Gasteiger partial charge in [-0.15, -0.1) is 0 Å². The molecule has 2 nitrogen and oxygen atoms in total. The van der Waals surface area contributed by atoms with E-state index in [4.69, 9.17) is 0 Å². The van der Waals surface area contributed by atoms with Gasteiger partial charge in [-0.1, -0.05) is 19.8 Å². The minimum Gasteiger partial charge on any atom is -0.310 e. The van der Waals surface area contributed by atoms with E-state index in [2.05, 4.69) is 36.3 Å². The molecule has 1 aromatic rings. The molecule has 1 aromatic heterocycles. The van der Waals surface area contributed by atoms with E-state index < -0.39 is 0 Å². The lowest BCUT2D eigenvalue weighted by Crippen LogP contribution is -2.27. The molecular weight excluding hydrogens is 196 g/mol. The van der Waals surface area contributed by atoms with Crippen LogP contribution in [0.2, 0.25) is 0 Å². The SMILES string of the molecule is CCNC(c1ccnc(C)c1)C1CCCC1. The number of nitrogens with one attached hydrogen (secondary N) is 1. The fourth-order valence-corrected chi connectivity index (χ4v) is 2.83. The summed E-state index contributed by atoms with van der Waals surface area (Å²) in [4.78, 5) is 4.28. The van der Waals surface area contributed by atoms with Gasteiger partial charge >= 0.3 is 0 Å². The lowest BCUT2D eigenvalue weighted by molar-refractivity contribution is 0.374. The largest absolute Gasteiger partial charge is 0.310 e. The zero-order valence-electron chi connectivity index (χ0n) is 10.4. The van der Waals surface area contributed by atoms with E-state index >= 15 is 0 Å². The van der Waals surface area contributed by atoms with Crippen LogP contribution in [0, 0.1) is 12.8 Å². The molecule has 0 radical (unpaired) electrons. The van der Waals surface area contributed by atoms with Crippen LogP contribution in [-0.4, -0.2) is 11.5 Å². The number of hydrogen-bond donors (Lipinski definition) is 1. The van der Waals surface area contributed by atoms with Gasteiger partial charge in [0.2, 0.25) is 0 Å². The molecule has 1 saturated carbocycles. The first-order valence-electron chi connectivity index (χ1n) is 6.47. The number of hydrogen-bond acceptors (Lipinski definition) is 2. The van der Waals surface area contributed by atoms with E-state index in [0.29, 0.717) is 6.04 Å². The van der Waals surface area contributed by atoms with E-state index in [0.717, 1.165) is 18.2 Å². The Morgan fingerprint density at radius 3 is 2.81 bits per heavy atom. The first kappa shape index (κ1) is 11.6. The predicted molar refractivity (Wildman–Crippen MR) is 67.3 cm³/mol. The third kappa shape index (κ3) is 2.62. The molecule has 88 valence electrons. The molecule has 0 spiro atoms. The molecule has 0 bridgehead atoms. The quantitative estimate of drug-likeness (QED) is 0.839. The third-order valence-corrected chi connectivity index (χ3v) is 3.58. The predicted octanol–water partition coefficient (Wildman–Crippen LogP) is 3.23. The summed E-state index contributed by atoms with van der Waals surface area (Å²) in [5.74, 6) is 0.821. The van der Waals surface area contributed by atoms with Crippen molar-refractivity contribution in [2.24, 2.45) is 5.92 Å². The van der Waals surface area contributed by atoms with E-state index in [9.17, 15) is 0 Å². The standard InChI is InChI=1S/C14H22N2/c1-3-15-14(12-6-4-5-7-12)13-8-9-16-11(2)10-13/h8-10,12,14-15H,3-7H2,1-2H3. The Morgan fingerprint density at radius 1 is 1.44 bits per heavy atom. The molecule has 1 aliphatic rings. The highest BCUT2D eigenvalue weighted by atomic mass is 14.9. The summed E-state index contributed by atoms with van der Waals surface area (Å²) in [5.41, 5.74) is 2.54. The third-order valence-electron chi connectivity index (χ3n) is 3.58. The molecule has 2 heteroatoms. The van der Waals surface area contributed by atoms with Gasteiger partial charge in [-0.2, -0.15) is 0 Å². The Bertz CT molecular complexity index is 329. The van der Waals surface area contributed by atoms with E-state index in [1.165, 1.54) is 31.2 Å². The molecule has 0 saturated heterocycles. The number of nitrogens with zero attached hydrogens (tertiary/aromatic N) is 1. The zero-order chi connectivity index (χ0) is 11.4. The second kappa shape index (κ2) is 5.44. The minimum atomic E-state index is 0.536. The van der Waals surface area contributed by atoms with E-state index in [1.54, 1.807) is 0 Å². The number of aromatic nitrogens is 1. The van der Waals surface area contributed by atoms with Crippen LogP contribution in [0.25, 0.3) is 0 Å². The van der Waals surface area contributed by atoms with Crippen molar-refractivity contribution in [2.45, 2.75) is 45.6 Å². The fraction of sp³-hybridized carbons (Fsp3) is 0.643. The average Bonchev–Trinajstić information content (AvgIpc) is 2.79. The molecule has 0 aliphatic heterocycles. The lowest BCUT2D eigenvalue weighted by atomic mass is 9.92. The van der Waals surface area contributed by atoms with Crippen LogP contribution in [0.3, 0.4) is 0 Å². The average molecular weight is 218 g/mol. The Balaban J connectivity index is 2.17. The summed E-state index contributed by atoms with van der Waals surface area (Å²) in [6, 6.07) is 4.93. The second-order valence-corrected chi connectivity index (χ2v) is 4.81. The first-order chi connectivity index (χ1) is 7.81. The maximum Gasteiger partial charge on any atom is 0.0375 e. The summed E-state index contributed by atoms with van der Waals surface area (Å²) in [5, 5.41) is 3.64. The van der Waals surface area contributed by atoms with Gasteiger partial charge in [0, 0.05) is 17.9 Å². The molecule has 2 rings (SSSR count). The highest BCUT2D eigenvalue weighted by Crippen LogP contribution is 2.35. The maximum absolute atomic E-state index is 4.28. The molecule has 1 fully saturated rings. The molecule has 16 heavy (non-hydrogen) atoms. The van der Waals surface area contributed by atoms with Crippen molar-refractivity contribution in [3.8, 4) is 0 Å². The summed E-state index contributed by atoms with van der Waals surface area (Å²) >= 11 is 0. The highest BCUT2D eigenvalue weighted by Gasteiger charge is 2.25. The summed E-state index contributed by atoms with van der Waals surface area (Å²) in [7, 11) is 0. The van der Waals surface area contributed by atoms with Crippen LogP contribution in [0.5, 0.6) is 0 Å². The van der Waals surface area contributed by atoms with Gasteiger partial charge in [0.05, 0.1) is 0 Å². The van der Waals surface area contributed by atoms with Crippen LogP contribution in [0.4, 0.5) is 0 Å². The fourth-order valence-electron chi connectivity index (χ4n) is 2.83. The van der Waals surface area contributed by atoms with Gasteiger partial charge < -0.3 is 5.32 Å². The molecule has 0 aromatic carbocycles. The number of rotatable bonds is 4. The van der Waals surface area contributed by atoms with E-state index in [-0.39, 0.29) is 0 Å². The van der Waals surface area contributed by atoms with Crippen molar-refractivity contribution in [1.29, 1.82) is 0 Å². The van der Waals surface area contributed by atoms with Crippen molar-refractivity contribution in [3.63, 3.8) is 0 Å². The van der Waals surface area contributed by atoms with Gasteiger partial charge in [-0.25, -0.2) is 0 Å². The highest BCUT2D eigenvalue weighted by molar-refractivity contribution is 5.20. The van der Waals surface area contributed by atoms with Crippen molar-refractivity contribution in [2.75, 3.05) is 6.54 Å². The summed E-state index contributed by atoms with van der Waals surface area (Å²) in [6.07, 6.45) is 7.48. The van der Waals surface area contributed by atoms with Crippen LogP contribution >= 0.6 is 0 Å². The molecule has 1 aliphatic carbocycles. The Kier molecular flexibility index (Phi) is 3.94. The Morgan fingerprint density at radius 2 is 2.19 bits per heavy atom. The molecule has 0 amide bonds. The van der Waals surface area contributed by atoms with Gasteiger partial charge in [0.1, 0.15) is 0 Å². The van der Waals surface area contributed by atoms with Crippen molar-refractivity contribution >= 4 is 0 Å². The van der Waals surface area contributed by atoms with Crippen LogP contribution in [-0.2, 0) is 0 Å². The molecular formula is C14H22N2. The zero-order valence-corrected chi connectivity index (χ0v) is 10.4. The van der Waals surface area contributed by atoms with Gasteiger partial charge in [0.15, 0.2) is 0 Å². The summed E-state index contributed by atoms with van der Waals surface area (Å²) < 4.78 is 0. The second-order valence-electron chi connectivity index (χ2n) is 4.81. The van der Waals surface area contributed by atoms with Crippen LogP contribution in [0.15, 0.2) is 18.3 Å². The molecule has 1 heterocycles. The van der Waals surface area contributed by atoms with Gasteiger partial charge in [0.25, 0.3) is 0 Å². The lowest BCUT2D eigenvalue weighted by Gasteiger charge is -2.24. The van der Waals surface area contributed by atoms with Crippen molar-refractivity contribution in [3.05, 3.63) is 29.6 Å².